The van der Waals surface area contributed by atoms with Crippen LogP contribution < -0.4 is 17.2 Å². The first-order chi connectivity index (χ1) is 5.76. The van der Waals surface area contributed by atoms with Crippen molar-refractivity contribution in [2.45, 2.75) is 38.6 Å². The fourth-order valence-electron chi connectivity index (χ4n) is 1.40. The van der Waals surface area contributed by atoms with Crippen LogP contribution in [0.15, 0.2) is 0 Å². The van der Waals surface area contributed by atoms with Crippen molar-refractivity contribution in [1.29, 1.82) is 0 Å². The standard InChI is InChI=1S/C9H23N3/c1-2-3-4-8(7-11)9(12)5-6-10/h8-9H,2-7,10-12H2,1H3. The van der Waals surface area contributed by atoms with Crippen LogP contribution in [0.3, 0.4) is 0 Å². The van der Waals surface area contributed by atoms with Gasteiger partial charge in [-0.15, -0.1) is 0 Å². The van der Waals surface area contributed by atoms with E-state index in [-0.39, 0.29) is 6.04 Å². The second-order valence-corrected chi connectivity index (χ2v) is 3.38. The zero-order valence-electron chi connectivity index (χ0n) is 8.13. The van der Waals surface area contributed by atoms with E-state index in [1.807, 2.05) is 0 Å². The highest BCUT2D eigenvalue weighted by Gasteiger charge is 2.14. The summed E-state index contributed by atoms with van der Waals surface area (Å²) in [5.41, 5.74) is 17.0. The number of nitrogens with two attached hydrogens (primary N) is 3. The van der Waals surface area contributed by atoms with Crippen molar-refractivity contribution < 1.29 is 0 Å². The van der Waals surface area contributed by atoms with Gasteiger partial charge in [0.25, 0.3) is 0 Å². The van der Waals surface area contributed by atoms with Crippen LogP contribution in [0.5, 0.6) is 0 Å². The first kappa shape index (κ1) is 11.9. The smallest absolute Gasteiger partial charge is 0.00912 e. The number of hydrogen-bond acceptors (Lipinski definition) is 3. The first-order valence-corrected chi connectivity index (χ1v) is 4.92. The Morgan fingerprint density at radius 3 is 2.25 bits per heavy atom. The fourth-order valence-corrected chi connectivity index (χ4v) is 1.40. The summed E-state index contributed by atoms with van der Waals surface area (Å²) in [6.07, 6.45) is 4.48. The molecule has 0 fully saturated rings. The van der Waals surface area contributed by atoms with E-state index in [9.17, 15) is 0 Å². The van der Waals surface area contributed by atoms with Gasteiger partial charge in [-0.3, -0.25) is 0 Å². The number of unbranched alkanes of at least 4 members (excludes halogenated alkanes) is 1. The average Bonchev–Trinajstić information content (AvgIpc) is 2.06. The molecule has 0 aromatic carbocycles. The fraction of sp³-hybridized carbons (Fsp3) is 1.00. The predicted molar refractivity (Wildman–Crippen MR) is 53.7 cm³/mol. The van der Waals surface area contributed by atoms with Gasteiger partial charge in [0.05, 0.1) is 0 Å². The summed E-state index contributed by atoms with van der Waals surface area (Å²) < 4.78 is 0. The minimum Gasteiger partial charge on any atom is -0.330 e. The second kappa shape index (κ2) is 7.53. The summed E-state index contributed by atoms with van der Waals surface area (Å²) in [5.74, 6) is 0.466. The third kappa shape index (κ3) is 4.70. The predicted octanol–water partition coefficient (Wildman–Crippen LogP) is 0.428. The van der Waals surface area contributed by atoms with Crippen LogP contribution in [-0.4, -0.2) is 19.1 Å². The molecular weight excluding hydrogens is 150 g/mol. The highest BCUT2D eigenvalue weighted by molar-refractivity contribution is 4.73. The van der Waals surface area contributed by atoms with Crippen LogP contribution in [0.2, 0.25) is 0 Å². The summed E-state index contributed by atoms with van der Waals surface area (Å²) in [6.45, 7) is 3.55. The van der Waals surface area contributed by atoms with Gasteiger partial charge in [0, 0.05) is 6.04 Å². The number of rotatable bonds is 7. The molecule has 2 unspecified atom stereocenters. The molecule has 0 saturated carbocycles. The average molecular weight is 173 g/mol. The van der Waals surface area contributed by atoms with Gasteiger partial charge in [0.2, 0.25) is 0 Å². The van der Waals surface area contributed by atoms with Gasteiger partial charge < -0.3 is 17.2 Å². The van der Waals surface area contributed by atoms with Gasteiger partial charge in [-0.05, 0) is 31.8 Å². The molecule has 0 radical (unpaired) electrons. The lowest BCUT2D eigenvalue weighted by molar-refractivity contribution is 0.377. The SMILES string of the molecule is CCCCC(CN)C(N)CCN. The highest BCUT2D eigenvalue weighted by atomic mass is 14.7. The molecule has 0 spiro atoms. The summed E-state index contributed by atoms with van der Waals surface area (Å²) >= 11 is 0. The lowest BCUT2D eigenvalue weighted by Crippen LogP contribution is -2.36. The molecule has 0 aliphatic heterocycles. The van der Waals surface area contributed by atoms with Gasteiger partial charge in [-0.25, -0.2) is 0 Å². The van der Waals surface area contributed by atoms with Crippen LogP contribution in [0, 0.1) is 5.92 Å². The van der Waals surface area contributed by atoms with Crippen molar-refractivity contribution in [3.8, 4) is 0 Å². The second-order valence-electron chi connectivity index (χ2n) is 3.38. The summed E-state index contributed by atoms with van der Waals surface area (Å²) in [5, 5.41) is 0. The van der Waals surface area contributed by atoms with Crippen molar-refractivity contribution in [1.82, 2.24) is 0 Å². The largest absolute Gasteiger partial charge is 0.330 e. The maximum absolute atomic E-state index is 5.92. The molecule has 0 aliphatic rings. The van der Waals surface area contributed by atoms with Gasteiger partial charge in [-0.2, -0.15) is 0 Å². The normalized spacial score (nSPS) is 16.0. The van der Waals surface area contributed by atoms with E-state index in [2.05, 4.69) is 6.92 Å². The van der Waals surface area contributed by atoms with Crippen molar-refractivity contribution in [3.05, 3.63) is 0 Å². The molecule has 74 valence electrons. The van der Waals surface area contributed by atoms with Crippen LogP contribution in [-0.2, 0) is 0 Å². The third-order valence-corrected chi connectivity index (χ3v) is 2.34. The molecule has 0 aromatic heterocycles. The van der Waals surface area contributed by atoms with Crippen molar-refractivity contribution in [2.24, 2.45) is 23.1 Å². The molecule has 0 aromatic rings. The summed E-state index contributed by atoms with van der Waals surface area (Å²) in [6, 6.07) is 0.201. The molecule has 0 saturated heterocycles. The monoisotopic (exact) mass is 173 g/mol. The Hall–Kier alpha value is -0.120. The molecule has 0 aliphatic carbocycles. The molecule has 0 amide bonds. The molecule has 6 N–H and O–H groups in total. The quantitative estimate of drug-likeness (QED) is 0.522. The Bertz CT molecular complexity index is 95.8. The minimum absolute atomic E-state index is 0.201. The Balaban J connectivity index is 3.62. The Morgan fingerprint density at radius 2 is 1.83 bits per heavy atom. The molecule has 0 rings (SSSR count). The highest BCUT2D eigenvalue weighted by Crippen LogP contribution is 2.12. The minimum atomic E-state index is 0.201. The molecule has 12 heavy (non-hydrogen) atoms. The maximum atomic E-state index is 5.92. The van der Waals surface area contributed by atoms with E-state index in [0.29, 0.717) is 19.0 Å². The van der Waals surface area contributed by atoms with Gasteiger partial charge >= 0.3 is 0 Å². The number of hydrogen-bond donors (Lipinski definition) is 3. The van der Waals surface area contributed by atoms with Crippen LogP contribution in [0.4, 0.5) is 0 Å². The molecule has 2 atom stereocenters. The zero-order valence-corrected chi connectivity index (χ0v) is 8.13. The summed E-state index contributed by atoms with van der Waals surface area (Å²) in [4.78, 5) is 0. The van der Waals surface area contributed by atoms with Gasteiger partial charge in [0.1, 0.15) is 0 Å². The van der Waals surface area contributed by atoms with E-state index < -0.39 is 0 Å². The third-order valence-electron chi connectivity index (χ3n) is 2.34. The van der Waals surface area contributed by atoms with Crippen LogP contribution in [0.25, 0.3) is 0 Å². The maximum Gasteiger partial charge on any atom is 0.00912 e. The van der Waals surface area contributed by atoms with Gasteiger partial charge in [0.15, 0.2) is 0 Å². The molecule has 0 heterocycles. The molecule has 0 bridgehead atoms. The van der Waals surface area contributed by atoms with Crippen LogP contribution in [0.1, 0.15) is 32.6 Å². The van der Waals surface area contributed by atoms with E-state index in [1.54, 1.807) is 0 Å². The van der Waals surface area contributed by atoms with E-state index in [4.69, 9.17) is 17.2 Å². The topological polar surface area (TPSA) is 78.1 Å². The first-order valence-electron chi connectivity index (χ1n) is 4.92. The molecular formula is C9H23N3. The zero-order chi connectivity index (χ0) is 9.40. The van der Waals surface area contributed by atoms with Crippen LogP contribution >= 0.6 is 0 Å². The Morgan fingerprint density at radius 1 is 1.17 bits per heavy atom. The summed E-state index contributed by atoms with van der Waals surface area (Å²) in [7, 11) is 0. The van der Waals surface area contributed by atoms with E-state index in [1.165, 1.54) is 12.8 Å². The van der Waals surface area contributed by atoms with Crippen molar-refractivity contribution in [3.63, 3.8) is 0 Å². The lowest BCUT2D eigenvalue weighted by atomic mass is 9.92. The van der Waals surface area contributed by atoms with Crippen molar-refractivity contribution in [2.75, 3.05) is 13.1 Å². The van der Waals surface area contributed by atoms with Crippen molar-refractivity contribution >= 4 is 0 Å². The molecule has 3 nitrogen and oxygen atoms in total. The van der Waals surface area contributed by atoms with Gasteiger partial charge in [-0.1, -0.05) is 19.8 Å². The Labute approximate surface area is 75.7 Å². The lowest BCUT2D eigenvalue weighted by Gasteiger charge is -2.21. The van der Waals surface area contributed by atoms with E-state index >= 15 is 0 Å². The Kier molecular flexibility index (Phi) is 7.45. The van der Waals surface area contributed by atoms with E-state index in [0.717, 1.165) is 12.8 Å². The molecule has 3 heteroatoms.